The van der Waals surface area contributed by atoms with Gasteiger partial charge in [0.2, 0.25) is 0 Å². The minimum absolute atomic E-state index is 0. The lowest BCUT2D eigenvalue weighted by Gasteiger charge is -2.17. The Morgan fingerprint density at radius 2 is 1.80 bits per heavy atom. The van der Waals surface area contributed by atoms with Gasteiger partial charge in [-0.15, -0.1) is 12.4 Å². The lowest BCUT2D eigenvalue weighted by Crippen LogP contribution is -2.23. The Labute approximate surface area is 155 Å². The Morgan fingerprint density at radius 3 is 2.40 bits per heavy atom. The minimum Gasteiger partial charge on any atom is -0.355 e. The number of hydrogen-bond donors (Lipinski definition) is 2. The lowest BCUT2D eigenvalue weighted by atomic mass is 9.89. The van der Waals surface area contributed by atoms with E-state index >= 15 is 0 Å². The van der Waals surface area contributed by atoms with Crippen LogP contribution in [0.3, 0.4) is 0 Å². The normalized spacial score (nSPS) is 20.1. The summed E-state index contributed by atoms with van der Waals surface area (Å²) in [5.41, 5.74) is 9.32. The van der Waals surface area contributed by atoms with Gasteiger partial charge in [0.05, 0.1) is 0 Å². The Morgan fingerprint density at radius 1 is 1.12 bits per heavy atom. The molecule has 1 aliphatic rings. The molecule has 1 amide bonds. The summed E-state index contributed by atoms with van der Waals surface area (Å²) in [6.07, 6.45) is 0. The highest BCUT2D eigenvalue weighted by molar-refractivity contribution is 5.93. The molecular formula is C20H26ClN3O. The molecule has 3 rings (SSSR count). The molecule has 2 aromatic rings. The SMILES string of the molecule is CNC(=O)c1ccc(CN2C[C@@H](CN)[C@H](c3ccccc3)C2)cc1.Cl. The fraction of sp³-hybridized carbons (Fsp3) is 0.350. The van der Waals surface area contributed by atoms with Crippen LogP contribution in [0.4, 0.5) is 0 Å². The Hall–Kier alpha value is -1.88. The van der Waals surface area contributed by atoms with E-state index in [0.717, 1.165) is 19.6 Å². The zero-order valence-corrected chi connectivity index (χ0v) is 15.3. The molecule has 0 aromatic heterocycles. The van der Waals surface area contributed by atoms with Crippen molar-refractivity contribution in [2.24, 2.45) is 11.7 Å². The van der Waals surface area contributed by atoms with E-state index in [9.17, 15) is 4.79 Å². The van der Waals surface area contributed by atoms with Crippen LogP contribution in [0.15, 0.2) is 54.6 Å². The van der Waals surface area contributed by atoms with Crippen LogP contribution < -0.4 is 11.1 Å². The first kappa shape index (κ1) is 19.4. The Kier molecular flexibility index (Phi) is 7.00. The van der Waals surface area contributed by atoms with E-state index in [0.29, 0.717) is 23.9 Å². The van der Waals surface area contributed by atoms with Gasteiger partial charge < -0.3 is 11.1 Å². The smallest absolute Gasteiger partial charge is 0.251 e. The minimum atomic E-state index is -0.0462. The number of nitrogens with two attached hydrogens (primary N) is 1. The van der Waals surface area contributed by atoms with Gasteiger partial charge in [-0.25, -0.2) is 0 Å². The summed E-state index contributed by atoms with van der Waals surface area (Å²) in [7, 11) is 1.65. The third-order valence-corrected chi connectivity index (χ3v) is 4.90. The number of carbonyl (C=O) groups excluding carboxylic acids is 1. The molecule has 134 valence electrons. The van der Waals surface area contributed by atoms with Crippen molar-refractivity contribution in [3.8, 4) is 0 Å². The molecule has 5 heteroatoms. The van der Waals surface area contributed by atoms with E-state index in [1.165, 1.54) is 11.1 Å². The fourth-order valence-electron chi connectivity index (χ4n) is 3.57. The quantitative estimate of drug-likeness (QED) is 0.862. The van der Waals surface area contributed by atoms with Gasteiger partial charge in [0.25, 0.3) is 5.91 Å². The van der Waals surface area contributed by atoms with Crippen molar-refractivity contribution < 1.29 is 4.79 Å². The second kappa shape index (κ2) is 8.99. The first-order valence-electron chi connectivity index (χ1n) is 8.49. The topological polar surface area (TPSA) is 58.4 Å². The number of nitrogens with one attached hydrogen (secondary N) is 1. The van der Waals surface area contributed by atoms with E-state index in [-0.39, 0.29) is 18.3 Å². The van der Waals surface area contributed by atoms with Crippen LogP contribution in [0, 0.1) is 5.92 Å². The van der Waals surface area contributed by atoms with Crippen molar-refractivity contribution in [1.29, 1.82) is 0 Å². The van der Waals surface area contributed by atoms with Gasteiger partial charge in [-0.05, 0) is 35.7 Å². The van der Waals surface area contributed by atoms with Crippen LogP contribution in [-0.4, -0.2) is 37.5 Å². The molecule has 1 fully saturated rings. The monoisotopic (exact) mass is 359 g/mol. The van der Waals surface area contributed by atoms with Crippen molar-refractivity contribution in [1.82, 2.24) is 10.2 Å². The molecule has 2 aromatic carbocycles. The second-order valence-corrected chi connectivity index (χ2v) is 6.48. The van der Waals surface area contributed by atoms with Gasteiger partial charge in [0.1, 0.15) is 0 Å². The second-order valence-electron chi connectivity index (χ2n) is 6.48. The Bertz CT molecular complexity index is 675. The number of nitrogens with zero attached hydrogens (tertiary/aromatic N) is 1. The Balaban J connectivity index is 0.00000225. The van der Waals surface area contributed by atoms with E-state index in [1.807, 2.05) is 24.3 Å². The standard InChI is InChI=1S/C20H25N3O.ClH/c1-22-20(24)17-9-7-15(8-10-17)12-23-13-18(11-21)19(14-23)16-5-3-2-4-6-16;/h2-10,18-19H,11-14,21H2,1H3,(H,22,24);1H/t18-,19+;/m1./s1. The molecule has 0 saturated carbocycles. The predicted molar refractivity (Wildman–Crippen MR) is 104 cm³/mol. The summed E-state index contributed by atoms with van der Waals surface area (Å²) in [5, 5.41) is 2.65. The maximum atomic E-state index is 11.6. The highest BCUT2D eigenvalue weighted by Crippen LogP contribution is 2.32. The fourth-order valence-corrected chi connectivity index (χ4v) is 3.57. The van der Waals surface area contributed by atoms with Gasteiger partial charge >= 0.3 is 0 Å². The molecule has 4 nitrogen and oxygen atoms in total. The molecule has 2 atom stereocenters. The van der Waals surface area contributed by atoms with Gasteiger partial charge in [0.15, 0.2) is 0 Å². The summed E-state index contributed by atoms with van der Waals surface area (Å²) in [4.78, 5) is 14.1. The summed E-state index contributed by atoms with van der Waals surface area (Å²) in [5.74, 6) is 0.953. The van der Waals surface area contributed by atoms with Crippen LogP contribution in [0.1, 0.15) is 27.4 Å². The average Bonchev–Trinajstić information content (AvgIpc) is 3.05. The molecule has 0 radical (unpaired) electrons. The molecule has 3 N–H and O–H groups in total. The van der Waals surface area contributed by atoms with E-state index in [4.69, 9.17) is 5.73 Å². The number of benzene rings is 2. The number of hydrogen-bond acceptors (Lipinski definition) is 3. The molecular weight excluding hydrogens is 334 g/mol. The van der Waals surface area contributed by atoms with Gasteiger partial charge in [-0.1, -0.05) is 42.5 Å². The third kappa shape index (κ3) is 4.60. The first-order chi connectivity index (χ1) is 11.7. The molecule has 1 aliphatic heterocycles. The number of likely N-dealkylation sites (tertiary alicyclic amines) is 1. The number of rotatable bonds is 5. The number of carbonyl (C=O) groups is 1. The van der Waals surface area contributed by atoms with Crippen LogP contribution in [0.25, 0.3) is 0 Å². The van der Waals surface area contributed by atoms with Crippen molar-refractivity contribution in [2.45, 2.75) is 12.5 Å². The zero-order valence-electron chi connectivity index (χ0n) is 14.5. The first-order valence-corrected chi connectivity index (χ1v) is 8.49. The summed E-state index contributed by atoms with van der Waals surface area (Å²) >= 11 is 0. The van der Waals surface area contributed by atoms with Gasteiger partial charge in [0, 0.05) is 38.2 Å². The molecule has 0 spiro atoms. The number of amides is 1. The van der Waals surface area contributed by atoms with Crippen molar-refractivity contribution in [3.63, 3.8) is 0 Å². The van der Waals surface area contributed by atoms with E-state index in [2.05, 4.69) is 40.5 Å². The van der Waals surface area contributed by atoms with Crippen molar-refractivity contribution in [3.05, 3.63) is 71.3 Å². The lowest BCUT2D eigenvalue weighted by molar-refractivity contribution is 0.0963. The third-order valence-electron chi connectivity index (χ3n) is 4.90. The average molecular weight is 360 g/mol. The zero-order chi connectivity index (χ0) is 16.9. The molecule has 1 heterocycles. The molecule has 0 unspecified atom stereocenters. The molecule has 0 aliphatic carbocycles. The maximum absolute atomic E-state index is 11.6. The predicted octanol–water partition coefficient (Wildman–Crippen LogP) is 2.64. The van der Waals surface area contributed by atoms with Crippen LogP contribution in [-0.2, 0) is 6.54 Å². The van der Waals surface area contributed by atoms with Crippen LogP contribution >= 0.6 is 12.4 Å². The van der Waals surface area contributed by atoms with Gasteiger partial charge in [-0.2, -0.15) is 0 Å². The summed E-state index contributed by atoms with van der Waals surface area (Å²) in [6, 6.07) is 18.5. The van der Waals surface area contributed by atoms with Crippen molar-refractivity contribution in [2.75, 3.05) is 26.7 Å². The number of halogens is 1. The highest BCUT2D eigenvalue weighted by Gasteiger charge is 2.32. The summed E-state index contributed by atoms with van der Waals surface area (Å²) in [6.45, 7) is 3.66. The van der Waals surface area contributed by atoms with Crippen LogP contribution in [0.2, 0.25) is 0 Å². The molecule has 0 bridgehead atoms. The summed E-state index contributed by atoms with van der Waals surface area (Å²) < 4.78 is 0. The van der Waals surface area contributed by atoms with E-state index in [1.54, 1.807) is 7.05 Å². The van der Waals surface area contributed by atoms with Crippen molar-refractivity contribution >= 4 is 18.3 Å². The van der Waals surface area contributed by atoms with E-state index < -0.39 is 0 Å². The largest absolute Gasteiger partial charge is 0.355 e. The maximum Gasteiger partial charge on any atom is 0.251 e. The molecule has 25 heavy (non-hydrogen) atoms. The highest BCUT2D eigenvalue weighted by atomic mass is 35.5. The van der Waals surface area contributed by atoms with Crippen LogP contribution in [0.5, 0.6) is 0 Å². The molecule has 1 saturated heterocycles. The van der Waals surface area contributed by atoms with Gasteiger partial charge in [-0.3, -0.25) is 9.69 Å².